The molecule has 0 saturated heterocycles. The van der Waals surface area contributed by atoms with Crippen molar-refractivity contribution in [1.82, 2.24) is 0 Å². The van der Waals surface area contributed by atoms with Gasteiger partial charge in [-0.1, -0.05) is 17.7 Å². The Labute approximate surface area is 74.3 Å². The molecule has 0 nitrogen and oxygen atoms in total. The van der Waals surface area contributed by atoms with Gasteiger partial charge in [-0.25, -0.2) is 0 Å². The Hall–Kier alpha value is 0.324. The molecule has 0 aromatic heterocycles. The van der Waals surface area contributed by atoms with Crippen molar-refractivity contribution in [1.29, 1.82) is 0 Å². The van der Waals surface area contributed by atoms with Gasteiger partial charge in [0.2, 0.25) is 0 Å². The van der Waals surface area contributed by atoms with E-state index in [9.17, 15) is 0 Å². The molecule has 0 amide bonds. The molecule has 3 heteroatoms. The summed E-state index contributed by atoms with van der Waals surface area (Å²) in [4.78, 5) is 0. The van der Waals surface area contributed by atoms with Crippen LogP contribution in [0.2, 0.25) is 0 Å². The maximum absolute atomic E-state index is 3.81. The van der Waals surface area contributed by atoms with E-state index in [2.05, 4.69) is 27.2 Å². The summed E-state index contributed by atoms with van der Waals surface area (Å²) in [6.45, 7) is 7.92. The summed E-state index contributed by atoms with van der Waals surface area (Å²) in [5.41, 5.74) is 2.49. The number of allylic oxidation sites excluding steroid dienone is 2. The minimum Gasteiger partial charge on any atom is -0.125 e. The van der Waals surface area contributed by atoms with Crippen LogP contribution in [0.4, 0.5) is 0 Å². The molecule has 0 radical (unpaired) electrons. The van der Waals surface area contributed by atoms with Crippen LogP contribution in [0.25, 0.3) is 0 Å². The van der Waals surface area contributed by atoms with E-state index in [0.29, 0.717) is 0 Å². The molecule has 0 heterocycles. The van der Waals surface area contributed by atoms with Crippen molar-refractivity contribution in [2.75, 3.05) is 0 Å². The van der Waals surface area contributed by atoms with Gasteiger partial charge in [0.25, 0.3) is 0 Å². The smallest absolute Gasteiger partial charge is 0.109 e. The summed E-state index contributed by atoms with van der Waals surface area (Å²) < 4.78 is 0. The second-order valence-electron chi connectivity index (χ2n) is 2.08. The van der Waals surface area contributed by atoms with Crippen molar-refractivity contribution in [3.05, 3.63) is 23.7 Å². The molecule has 0 aliphatic carbocycles. The van der Waals surface area contributed by atoms with Gasteiger partial charge in [0.15, 0.2) is 0 Å². The van der Waals surface area contributed by atoms with Gasteiger partial charge in [-0.3, -0.25) is 0 Å². The average molecular weight is 154 g/mol. The van der Waals surface area contributed by atoms with Crippen molar-refractivity contribution < 1.29 is 21.7 Å². The van der Waals surface area contributed by atoms with Gasteiger partial charge >= 0.3 is 0 Å². The fourth-order valence-electron chi connectivity index (χ4n) is 0.480. The minimum atomic E-state index is 0. The van der Waals surface area contributed by atoms with Crippen molar-refractivity contribution in [2.24, 2.45) is 0 Å². The summed E-state index contributed by atoms with van der Waals surface area (Å²) in [6, 6.07) is 0. The van der Waals surface area contributed by atoms with Gasteiger partial charge < -0.3 is 0 Å². The molecule has 0 rings (SSSR count). The van der Waals surface area contributed by atoms with Crippen LogP contribution in [0.15, 0.2) is 23.7 Å². The zero-order chi connectivity index (χ0) is 6.57. The molecule has 0 N–H and O–H groups in total. The van der Waals surface area contributed by atoms with Crippen LogP contribution in [0, 0.1) is 0 Å². The normalized spacial score (nSPS) is 9.78. The van der Waals surface area contributed by atoms with Gasteiger partial charge in [0.1, 0.15) is 7.17 Å². The molecule has 0 unspecified atom stereocenters. The first kappa shape index (κ1) is 12.0. The predicted molar refractivity (Wildman–Crippen MR) is 44.3 cm³/mol. The summed E-state index contributed by atoms with van der Waals surface area (Å²) in [6.07, 6.45) is 0. The third-order valence-corrected chi connectivity index (χ3v) is 1.18. The molecule has 0 fully saturated rings. The van der Waals surface area contributed by atoms with Gasteiger partial charge in [0.05, 0.1) is 7.74 Å². The minimum absolute atomic E-state index is 0. The van der Waals surface area contributed by atoms with Crippen LogP contribution in [-0.2, 0) is 21.7 Å². The molecule has 0 aromatic rings. The molecule has 0 spiro atoms. The van der Waals surface area contributed by atoms with Crippen LogP contribution >= 0.6 is 0 Å². The van der Waals surface area contributed by atoms with Gasteiger partial charge in [-0.15, -0.1) is 5.98 Å². The van der Waals surface area contributed by atoms with Gasteiger partial charge in [0, 0.05) is 21.7 Å². The van der Waals surface area contributed by atoms with Crippen LogP contribution in [0.1, 0.15) is 13.8 Å². The third kappa shape index (κ3) is 6.21. The second kappa shape index (κ2) is 6.44. The second-order valence-corrected chi connectivity index (χ2v) is 2.08. The van der Waals surface area contributed by atoms with E-state index < -0.39 is 0 Å². The Bertz CT molecular complexity index is 118. The van der Waals surface area contributed by atoms with Crippen molar-refractivity contribution in [3.8, 4) is 0 Å². The van der Waals surface area contributed by atoms with E-state index in [4.69, 9.17) is 0 Å². The molecule has 0 bridgehead atoms. The largest absolute Gasteiger partial charge is 0.125 e. The molecule has 0 atom stereocenters. The average Bonchev–Trinajstić information content (AvgIpc) is 1.67. The number of hydrogen-bond donors (Lipinski definition) is 0. The van der Waals surface area contributed by atoms with E-state index in [1.54, 1.807) is 0 Å². The van der Waals surface area contributed by atoms with Gasteiger partial charge in [-0.05, 0) is 13.8 Å². The Kier molecular flexibility index (Phi) is 8.62. The first-order valence-electron chi connectivity index (χ1n) is 3.01. The zero-order valence-corrected chi connectivity index (χ0v) is 8.05. The van der Waals surface area contributed by atoms with E-state index in [1.807, 2.05) is 6.92 Å². The van der Waals surface area contributed by atoms with E-state index in [-0.39, 0.29) is 21.7 Å². The molecule has 0 aliphatic heterocycles. The fraction of sp³-hybridized carbons (Fsp3) is 0.333. The fourth-order valence-corrected chi connectivity index (χ4v) is 0.480. The maximum Gasteiger partial charge on any atom is 0.109 e. The van der Waals surface area contributed by atoms with E-state index >= 15 is 0 Å². The van der Waals surface area contributed by atoms with Crippen molar-refractivity contribution in [3.63, 3.8) is 0 Å². The number of hydrogen-bond acceptors (Lipinski definition) is 0. The molecule has 9 heavy (non-hydrogen) atoms. The van der Waals surface area contributed by atoms with E-state index in [0.717, 1.165) is 7.17 Å². The third-order valence-electron chi connectivity index (χ3n) is 1.18. The van der Waals surface area contributed by atoms with Crippen LogP contribution in [-0.4, -0.2) is 14.9 Å². The quantitative estimate of drug-likeness (QED) is 0.399. The van der Waals surface area contributed by atoms with Crippen molar-refractivity contribution >= 4 is 14.9 Å². The summed E-state index contributed by atoms with van der Waals surface area (Å²) in [7, 11) is 3.24. The molecular weight excluding hydrogens is 142 g/mol. The van der Waals surface area contributed by atoms with Gasteiger partial charge in [-0.2, -0.15) is 0 Å². The predicted octanol–water partition coefficient (Wildman–Crippen LogP) is 0.448. The van der Waals surface area contributed by atoms with E-state index in [1.165, 1.54) is 11.1 Å². The Morgan fingerprint density at radius 2 is 2.00 bits per heavy atom. The zero-order valence-electron chi connectivity index (χ0n) is 6.49. The first-order valence-corrected chi connectivity index (χ1v) is 3.01. The maximum atomic E-state index is 3.81. The van der Waals surface area contributed by atoms with Crippen molar-refractivity contribution in [2.45, 2.75) is 13.8 Å². The Morgan fingerprint density at radius 3 is 2.11 bits per heavy atom. The van der Waals surface area contributed by atoms with Crippen LogP contribution in [0.3, 0.4) is 0 Å². The molecular formula is C6H12B2Ti. The number of rotatable bonds is 2. The Balaban J connectivity index is 0. The molecule has 0 saturated carbocycles. The van der Waals surface area contributed by atoms with Crippen LogP contribution < -0.4 is 0 Å². The topological polar surface area (TPSA) is 0 Å². The molecule has 0 aliphatic rings. The molecule has 0 aromatic carbocycles. The summed E-state index contributed by atoms with van der Waals surface area (Å²) in [5, 5.41) is 0. The summed E-state index contributed by atoms with van der Waals surface area (Å²) >= 11 is 0. The SMILES string of the molecule is BBC=C(C)C(=C)C.[Ti]. The van der Waals surface area contributed by atoms with Crippen LogP contribution in [0.5, 0.6) is 0 Å². The molecule has 46 valence electrons. The first-order chi connectivity index (χ1) is 3.68. The Morgan fingerprint density at radius 1 is 1.56 bits per heavy atom. The monoisotopic (exact) mass is 154 g/mol. The summed E-state index contributed by atoms with van der Waals surface area (Å²) in [5.74, 6) is 2.18. The standard InChI is InChI=1S/C6H12B2.Ti/c1-5(2)6(3)4-8-7;/h4,8H,1,7H2,2-3H3;.